The van der Waals surface area contributed by atoms with Gasteiger partial charge in [-0.25, -0.2) is 4.39 Å². The molecular weight excluding hydrogens is 487 g/mol. The third kappa shape index (κ3) is 5.31. The number of fused-ring (bicyclic) bond motifs is 1. The smallest absolute Gasteiger partial charge is 0.255 e. The number of ether oxygens (including phenoxy) is 1. The van der Waals surface area contributed by atoms with E-state index in [1.807, 2.05) is 5.32 Å². The Labute approximate surface area is 242 Å². The van der Waals surface area contributed by atoms with Crippen LogP contribution in [0.5, 0.6) is 0 Å². The van der Waals surface area contributed by atoms with E-state index in [0.717, 1.165) is 45.0 Å². The predicted molar refractivity (Wildman–Crippen MR) is 141 cm³/mol. The standard InChI is InChI=1S/C29H35FN4O4/c1-28(2)16-33(17-29(3,4)38-28)14-19-8-5-7-18(25(19)30)13-31-22-10-6-9-20-21(22)15-34(27(20)37)23-11-12-24(35)32-26(23)36/h5-10,23,31H,11-17H2,1-4H3,(H,32,35,36)/i1D3,13D2,14D2,15D2,16D2,17D2,23D. The zero-order valence-electron chi connectivity index (χ0n) is 34.8. The van der Waals surface area contributed by atoms with Crippen LogP contribution in [0.3, 0.4) is 0 Å². The number of carbonyl (C=O) groups excluding carboxylic acids is 3. The second-order valence-electron chi connectivity index (χ2n) is 9.54. The van der Waals surface area contributed by atoms with Crippen LogP contribution in [0.2, 0.25) is 0 Å². The van der Waals surface area contributed by atoms with Gasteiger partial charge in [0.05, 0.1) is 18.1 Å². The first-order valence-corrected chi connectivity index (χ1v) is 11.7. The normalized spacial score (nSPS) is 37.8. The predicted octanol–water partition coefficient (Wildman–Crippen LogP) is 3.59. The van der Waals surface area contributed by atoms with E-state index in [1.165, 1.54) is 12.1 Å². The third-order valence-electron chi connectivity index (χ3n) is 5.82. The summed E-state index contributed by atoms with van der Waals surface area (Å²) in [5.41, 5.74) is -8.40. The number of rotatable bonds is 6. The van der Waals surface area contributed by atoms with Gasteiger partial charge in [0.15, 0.2) is 0 Å². The van der Waals surface area contributed by atoms with Crippen molar-refractivity contribution in [1.29, 1.82) is 0 Å². The van der Waals surface area contributed by atoms with Crippen LogP contribution >= 0.6 is 0 Å². The highest BCUT2D eigenvalue weighted by Crippen LogP contribution is 2.33. The van der Waals surface area contributed by atoms with E-state index < -0.39 is 109 Å². The van der Waals surface area contributed by atoms with E-state index in [-0.39, 0.29) is 16.9 Å². The number of halogens is 1. The van der Waals surface area contributed by atoms with Gasteiger partial charge >= 0.3 is 0 Å². The second kappa shape index (κ2) is 9.78. The van der Waals surface area contributed by atoms with E-state index in [0.29, 0.717) is 4.90 Å². The number of carbonyl (C=O) groups is 3. The summed E-state index contributed by atoms with van der Waals surface area (Å²) < 4.78 is 143. The number of piperidine rings is 1. The van der Waals surface area contributed by atoms with Crippen LogP contribution in [0.15, 0.2) is 36.4 Å². The number of benzene rings is 2. The van der Waals surface area contributed by atoms with Crippen LogP contribution in [-0.2, 0) is 33.8 Å². The average molecular weight is 537 g/mol. The first-order valence-electron chi connectivity index (χ1n) is 18.7. The minimum absolute atomic E-state index is 0.0709. The first-order chi connectivity index (χ1) is 23.3. The lowest BCUT2D eigenvalue weighted by Crippen LogP contribution is -2.56. The molecule has 0 aromatic heterocycles. The van der Waals surface area contributed by atoms with Gasteiger partial charge in [0.2, 0.25) is 11.8 Å². The summed E-state index contributed by atoms with van der Waals surface area (Å²) in [7, 11) is 0. The molecule has 5 rings (SSSR count). The van der Waals surface area contributed by atoms with Gasteiger partial charge in [-0.05, 0) is 46.2 Å². The van der Waals surface area contributed by atoms with Crippen LogP contribution in [0.4, 0.5) is 10.1 Å². The van der Waals surface area contributed by atoms with Gasteiger partial charge in [-0.3, -0.25) is 24.6 Å². The molecular formula is C29H35FN4O4. The molecule has 3 heterocycles. The topological polar surface area (TPSA) is 91.0 Å². The van der Waals surface area contributed by atoms with Crippen LogP contribution in [0, 0.1) is 5.82 Å². The fraction of sp³-hybridized carbons (Fsp3) is 0.483. The van der Waals surface area contributed by atoms with Gasteiger partial charge in [0, 0.05) is 79.2 Å². The minimum atomic E-state index is -3.53. The summed E-state index contributed by atoms with van der Waals surface area (Å²) in [6.07, 6.45) is -0.912. The van der Waals surface area contributed by atoms with E-state index in [2.05, 4.69) is 5.32 Å². The highest BCUT2D eigenvalue weighted by atomic mass is 19.1. The Morgan fingerprint density at radius 1 is 1.18 bits per heavy atom. The number of morpholine rings is 1. The molecule has 2 aromatic rings. The number of hydrogen-bond donors (Lipinski definition) is 2. The zero-order chi connectivity index (χ0) is 39.6. The second-order valence-corrected chi connectivity index (χ2v) is 9.54. The monoisotopic (exact) mass is 536 g/mol. The Balaban J connectivity index is 1.59. The van der Waals surface area contributed by atoms with E-state index in [4.69, 9.17) is 23.9 Å². The van der Waals surface area contributed by atoms with Gasteiger partial charge in [-0.15, -0.1) is 0 Å². The summed E-state index contributed by atoms with van der Waals surface area (Å²) in [6, 6.07) is 3.65. The van der Waals surface area contributed by atoms with Crippen molar-refractivity contribution < 1.29 is 42.7 Å². The highest BCUT2D eigenvalue weighted by molar-refractivity contribution is 6.06. The number of amides is 3. The maximum atomic E-state index is 16.6. The van der Waals surface area contributed by atoms with Crippen molar-refractivity contribution in [1.82, 2.24) is 15.1 Å². The number of anilines is 1. The maximum absolute atomic E-state index is 16.6. The van der Waals surface area contributed by atoms with Crippen molar-refractivity contribution in [2.75, 3.05) is 18.3 Å². The molecule has 0 saturated carbocycles. The molecule has 202 valence electrons. The number of nitrogens with zero attached hydrogens (tertiary/aromatic N) is 2. The van der Waals surface area contributed by atoms with Crippen molar-refractivity contribution in [2.24, 2.45) is 0 Å². The fourth-order valence-electron chi connectivity index (χ4n) is 4.34. The molecule has 0 bridgehead atoms. The molecule has 2 aromatic carbocycles. The van der Waals surface area contributed by atoms with Crippen molar-refractivity contribution >= 4 is 23.4 Å². The Bertz CT molecular complexity index is 1870. The van der Waals surface area contributed by atoms with Crippen molar-refractivity contribution in [3.8, 4) is 0 Å². The minimum Gasteiger partial charge on any atom is -0.381 e. The molecule has 3 aliphatic rings. The summed E-state index contributed by atoms with van der Waals surface area (Å²) in [5, 5.41) is 4.24. The zero-order valence-corrected chi connectivity index (χ0v) is 20.8. The largest absolute Gasteiger partial charge is 0.381 e. The molecule has 2 unspecified atom stereocenters. The molecule has 0 spiro atoms. The molecule has 0 radical (unpaired) electrons. The Hall–Kier alpha value is -3.30. The molecule has 0 aliphatic carbocycles. The fourth-order valence-corrected chi connectivity index (χ4v) is 4.34. The Morgan fingerprint density at radius 3 is 2.68 bits per heavy atom. The highest BCUT2D eigenvalue weighted by Gasteiger charge is 2.40. The van der Waals surface area contributed by atoms with Gasteiger partial charge in [-0.1, -0.05) is 24.3 Å². The Morgan fingerprint density at radius 2 is 1.92 bits per heavy atom. The molecule has 38 heavy (non-hydrogen) atoms. The van der Waals surface area contributed by atoms with Crippen LogP contribution < -0.4 is 10.6 Å². The molecule has 3 amide bonds. The van der Waals surface area contributed by atoms with Crippen molar-refractivity contribution in [3.63, 3.8) is 0 Å². The van der Waals surface area contributed by atoms with E-state index in [9.17, 15) is 14.4 Å². The molecule has 3 aliphatic heterocycles. The number of hydrogen-bond acceptors (Lipinski definition) is 6. The van der Waals surface area contributed by atoms with Crippen LogP contribution in [0.1, 0.15) is 86.7 Å². The van der Waals surface area contributed by atoms with Gasteiger partial charge < -0.3 is 15.0 Å². The molecule has 9 heteroatoms. The van der Waals surface area contributed by atoms with E-state index >= 15 is 4.39 Å². The van der Waals surface area contributed by atoms with Gasteiger partial charge in [0.1, 0.15) is 11.8 Å². The Kier molecular flexibility index (Phi) is 3.65. The molecule has 2 fully saturated rings. The average Bonchev–Trinajstić information content (AvgIpc) is 3.18. The summed E-state index contributed by atoms with van der Waals surface area (Å²) >= 11 is 0. The molecule has 2 saturated heterocycles. The van der Waals surface area contributed by atoms with Crippen molar-refractivity contribution in [3.05, 3.63) is 64.5 Å². The lowest BCUT2D eigenvalue weighted by atomic mass is 9.98. The van der Waals surface area contributed by atoms with E-state index in [1.54, 1.807) is 0 Å². The lowest BCUT2D eigenvalue weighted by Gasteiger charge is -2.47. The van der Waals surface area contributed by atoms with Crippen LogP contribution in [-0.4, -0.2) is 57.7 Å². The van der Waals surface area contributed by atoms with Crippen LogP contribution in [0.25, 0.3) is 0 Å². The SMILES string of the molecule is [2H]C([2H])(Nc1cccc2c1C([2H])([2H])N(C1([2H])CCC(=O)NC1=O)C2=O)c1cccc(C([2H])([2H])N2C([2H])([2H])C(C)(C)OC(C)(C([2H])([2H])[2H])C2([2H])[2H])c1F. The van der Waals surface area contributed by atoms with Gasteiger partial charge in [0.25, 0.3) is 5.91 Å². The quantitative estimate of drug-likeness (QED) is 0.549. The summed E-state index contributed by atoms with van der Waals surface area (Å²) in [4.78, 5) is 38.3. The number of imide groups is 1. The summed E-state index contributed by atoms with van der Waals surface area (Å²) in [5.74, 6) is -4.73. The maximum Gasteiger partial charge on any atom is 0.255 e. The molecule has 2 N–H and O–H groups in total. The first kappa shape index (κ1) is 14.2. The van der Waals surface area contributed by atoms with Crippen molar-refractivity contribution in [2.45, 2.75) is 77.2 Å². The molecule has 2 atom stereocenters. The van der Waals surface area contributed by atoms with Gasteiger partial charge in [-0.2, -0.15) is 0 Å². The molecule has 8 nitrogen and oxygen atoms in total. The number of nitrogens with one attached hydrogen (secondary N) is 2. The lowest BCUT2D eigenvalue weighted by molar-refractivity contribution is -0.182. The summed E-state index contributed by atoms with van der Waals surface area (Å²) in [6.45, 7) is -16.5. The third-order valence-corrected chi connectivity index (χ3v) is 5.82.